The Morgan fingerprint density at radius 3 is 2.70 bits per heavy atom. The topological polar surface area (TPSA) is 44.9 Å². The van der Waals surface area contributed by atoms with Gasteiger partial charge in [-0.25, -0.2) is 0 Å². The van der Waals surface area contributed by atoms with Gasteiger partial charge in [0, 0.05) is 29.1 Å². The van der Waals surface area contributed by atoms with Crippen molar-refractivity contribution in [3.8, 4) is 0 Å². The number of H-pyrrole nitrogens is 1. The number of benzene rings is 1. The molecule has 20 heavy (non-hydrogen) atoms. The van der Waals surface area contributed by atoms with Gasteiger partial charge < -0.3 is 10.3 Å². The minimum atomic E-state index is 0.0352. The van der Waals surface area contributed by atoms with E-state index in [1.54, 1.807) is 0 Å². The van der Waals surface area contributed by atoms with Crippen LogP contribution in [0.3, 0.4) is 0 Å². The molecule has 0 amide bonds. The van der Waals surface area contributed by atoms with E-state index < -0.39 is 0 Å². The monoisotopic (exact) mass is 270 g/mol. The number of aryl methyl sites for hydroxylation is 2. The van der Waals surface area contributed by atoms with Crippen molar-refractivity contribution in [2.45, 2.75) is 52.1 Å². The van der Waals surface area contributed by atoms with Crippen molar-refractivity contribution in [3.63, 3.8) is 0 Å². The van der Waals surface area contributed by atoms with Crippen molar-refractivity contribution in [3.05, 3.63) is 45.2 Å². The zero-order chi connectivity index (χ0) is 14.1. The summed E-state index contributed by atoms with van der Waals surface area (Å²) < 4.78 is 0. The quantitative estimate of drug-likeness (QED) is 0.899. The molecule has 2 aromatic rings. The van der Waals surface area contributed by atoms with Crippen LogP contribution in [0.15, 0.2) is 23.0 Å². The molecular weight excluding hydrogens is 248 g/mol. The Bertz CT molecular complexity index is 681. The summed E-state index contributed by atoms with van der Waals surface area (Å²) in [5.74, 6) is 0. The highest BCUT2D eigenvalue weighted by Crippen LogP contribution is 2.20. The number of rotatable bonds is 3. The molecule has 0 saturated heterocycles. The summed E-state index contributed by atoms with van der Waals surface area (Å²) >= 11 is 0. The van der Waals surface area contributed by atoms with E-state index in [1.165, 1.54) is 36.8 Å². The zero-order valence-corrected chi connectivity index (χ0v) is 12.3. The fraction of sp³-hybridized carbons (Fsp3) is 0.471. The molecule has 0 aliphatic heterocycles. The standard InChI is InChI=1S/C17H22N2O/c1-11-7-12(2)15-9-13(17(20)19-16(15)8-11)10-18-14-5-3-4-6-14/h7-9,14,18H,3-6,10H2,1-2H3,(H,19,20). The Balaban J connectivity index is 1.90. The molecular formula is C17H22N2O. The Morgan fingerprint density at radius 1 is 1.20 bits per heavy atom. The molecule has 1 aromatic heterocycles. The van der Waals surface area contributed by atoms with Crippen molar-refractivity contribution < 1.29 is 0 Å². The van der Waals surface area contributed by atoms with Crippen LogP contribution in [-0.4, -0.2) is 11.0 Å². The first-order valence-corrected chi connectivity index (χ1v) is 7.50. The van der Waals surface area contributed by atoms with E-state index >= 15 is 0 Å². The van der Waals surface area contributed by atoms with Gasteiger partial charge in [-0.05, 0) is 49.9 Å². The Hall–Kier alpha value is -1.61. The highest BCUT2D eigenvalue weighted by Gasteiger charge is 2.14. The van der Waals surface area contributed by atoms with Gasteiger partial charge in [0.25, 0.3) is 5.56 Å². The molecule has 1 saturated carbocycles. The zero-order valence-electron chi connectivity index (χ0n) is 12.3. The molecule has 0 bridgehead atoms. The van der Waals surface area contributed by atoms with E-state index in [9.17, 15) is 4.79 Å². The summed E-state index contributed by atoms with van der Waals surface area (Å²) in [5, 5.41) is 4.67. The molecule has 2 N–H and O–H groups in total. The predicted octanol–water partition coefficient (Wildman–Crippen LogP) is 3.18. The lowest BCUT2D eigenvalue weighted by Crippen LogP contribution is -2.28. The molecule has 0 radical (unpaired) electrons. The maximum absolute atomic E-state index is 12.2. The molecule has 3 heteroatoms. The van der Waals surface area contributed by atoms with Crippen molar-refractivity contribution in [1.82, 2.24) is 10.3 Å². The molecule has 3 nitrogen and oxygen atoms in total. The maximum atomic E-state index is 12.2. The Labute approximate surface area is 119 Å². The number of aromatic nitrogens is 1. The summed E-state index contributed by atoms with van der Waals surface area (Å²) in [6.45, 7) is 4.82. The lowest BCUT2D eigenvalue weighted by molar-refractivity contribution is 0.523. The second-order valence-electron chi connectivity index (χ2n) is 6.03. The van der Waals surface area contributed by atoms with Crippen LogP contribution in [0.2, 0.25) is 0 Å². The van der Waals surface area contributed by atoms with Crippen LogP contribution in [0.5, 0.6) is 0 Å². The molecule has 1 aromatic carbocycles. The number of hydrogen-bond donors (Lipinski definition) is 2. The highest BCUT2D eigenvalue weighted by atomic mass is 16.1. The van der Waals surface area contributed by atoms with Gasteiger partial charge >= 0.3 is 0 Å². The van der Waals surface area contributed by atoms with E-state index in [0.29, 0.717) is 12.6 Å². The SMILES string of the molecule is Cc1cc(C)c2cc(CNC3CCCC3)c(=O)[nH]c2c1. The molecule has 0 unspecified atom stereocenters. The van der Waals surface area contributed by atoms with Crippen LogP contribution in [0.4, 0.5) is 0 Å². The lowest BCUT2D eigenvalue weighted by Gasteiger charge is -2.12. The van der Waals surface area contributed by atoms with Gasteiger partial charge in [0.15, 0.2) is 0 Å². The van der Waals surface area contributed by atoms with Crippen LogP contribution in [0.25, 0.3) is 10.9 Å². The molecule has 1 aliphatic carbocycles. The third kappa shape index (κ3) is 2.63. The van der Waals surface area contributed by atoms with E-state index in [-0.39, 0.29) is 5.56 Å². The van der Waals surface area contributed by atoms with Gasteiger partial charge in [0.1, 0.15) is 0 Å². The van der Waals surface area contributed by atoms with Crippen LogP contribution in [-0.2, 0) is 6.54 Å². The van der Waals surface area contributed by atoms with Gasteiger partial charge in [0.05, 0.1) is 0 Å². The molecule has 1 heterocycles. The maximum Gasteiger partial charge on any atom is 0.252 e. The molecule has 0 atom stereocenters. The second kappa shape index (κ2) is 5.41. The molecule has 1 aliphatic rings. The number of nitrogens with one attached hydrogen (secondary N) is 2. The van der Waals surface area contributed by atoms with Crippen molar-refractivity contribution in [2.75, 3.05) is 0 Å². The Morgan fingerprint density at radius 2 is 1.95 bits per heavy atom. The summed E-state index contributed by atoms with van der Waals surface area (Å²) in [6.07, 6.45) is 5.10. The number of pyridine rings is 1. The lowest BCUT2D eigenvalue weighted by atomic mass is 10.0. The molecule has 3 rings (SSSR count). The summed E-state index contributed by atoms with van der Waals surface area (Å²) in [6, 6.07) is 6.83. The minimum absolute atomic E-state index is 0.0352. The summed E-state index contributed by atoms with van der Waals surface area (Å²) in [5.41, 5.74) is 4.22. The van der Waals surface area contributed by atoms with Gasteiger partial charge in [-0.1, -0.05) is 18.9 Å². The van der Waals surface area contributed by atoms with Gasteiger partial charge in [0.2, 0.25) is 0 Å². The van der Waals surface area contributed by atoms with Gasteiger partial charge in [-0.3, -0.25) is 4.79 Å². The second-order valence-corrected chi connectivity index (χ2v) is 6.03. The van der Waals surface area contributed by atoms with Crippen molar-refractivity contribution >= 4 is 10.9 Å². The van der Waals surface area contributed by atoms with Crippen LogP contribution >= 0.6 is 0 Å². The first-order valence-electron chi connectivity index (χ1n) is 7.50. The highest BCUT2D eigenvalue weighted by molar-refractivity contribution is 5.83. The van der Waals surface area contributed by atoms with Crippen LogP contribution in [0.1, 0.15) is 42.4 Å². The third-order valence-electron chi connectivity index (χ3n) is 4.33. The van der Waals surface area contributed by atoms with Crippen LogP contribution in [0, 0.1) is 13.8 Å². The number of aromatic amines is 1. The molecule has 1 fully saturated rings. The first-order chi connectivity index (χ1) is 9.63. The van der Waals surface area contributed by atoms with E-state index in [0.717, 1.165) is 16.5 Å². The van der Waals surface area contributed by atoms with E-state index in [2.05, 4.69) is 30.2 Å². The number of fused-ring (bicyclic) bond motifs is 1. The smallest absolute Gasteiger partial charge is 0.252 e. The fourth-order valence-corrected chi connectivity index (χ4v) is 3.23. The van der Waals surface area contributed by atoms with Gasteiger partial charge in [-0.15, -0.1) is 0 Å². The molecule has 0 spiro atoms. The molecule has 106 valence electrons. The van der Waals surface area contributed by atoms with E-state index in [4.69, 9.17) is 0 Å². The van der Waals surface area contributed by atoms with Gasteiger partial charge in [-0.2, -0.15) is 0 Å². The third-order valence-corrected chi connectivity index (χ3v) is 4.33. The normalized spacial score (nSPS) is 16.1. The minimum Gasteiger partial charge on any atom is -0.322 e. The largest absolute Gasteiger partial charge is 0.322 e. The Kier molecular flexibility index (Phi) is 3.62. The number of hydrogen-bond acceptors (Lipinski definition) is 2. The summed E-state index contributed by atoms with van der Waals surface area (Å²) in [4.78, 5) is 15.2. The first kappa shape index (κ1) is 13.4. The average molecular weight is 270 g/mol. The predicted molar refractivity (Wildman–Crippen MR) is 83.1 cm³/mol. The van der Waals surface area contributed by atoms with Crippen molar-refractivity contribution in [1.29, 1.82) is 0 Å². The average Bonchev–Trinajstić information content (AvgIpc) is 2.89. The van der Waals surface area contributed by atoms with Crippen LogP contribution < -0.4 is 10.9 Å². The summed E-state index contributed by atoms with van der Waals surface area (Å²) in [7, 11) is 0. The van der Waals surface area contributed by atoms with Crippen molar-refractivity contribution in [2.24, 2.45) is 0 Å². The van der Waals surface area contributed by atoms with E-state index in [1.807, 2.05) is 12.1 Å². The fourth-order valence-electron chi connectivity index (χ4n) is 3.23.